The highest BCUT2D eigenvalue weighted by atomic mass is 14.9. The maximum atomic E-state index is 4.37. The van der Waals surface area contributed by atoms with E-state index in [1.54, 1.807) is 0 Å². The lowest BCUT2D eigenvalue weighted by atomic mass is 10.2. The van der Waals surface area contributed by atoms with Crippen molar-refractivity contribution in [3.8, 4) is 0 Å². The van der Waals surface area contributed by atoms with Crippen LogP contribution in [0.4, 0.5) is 5.69 Å². The third-order valence-electron chi connectivity index (χ3n) is 2.63. The molecule has 0 aliphatic carbocycles. The van der Waals surface area contributed by atoms with Gasteiger partial charge in [0.05, 0.1) is 11.0 Å². The van der Waals surface area contributed by atoms with Crippen molar-refractivity contribution in [1.82, 2.24) is 9.97 Å². The summed E-state index contributed by atoms with van der Waals surface area (Å²) in [5.41, 5.74) is 3.28. The van der Waals surface area contributed by atoms with Crippen LogP contribution in [-0.2, 0) is 0 Å². The van der Waals surface area contributed by atoms with Crippen molar-refractivity contribution in [2.24, 2.45) is 0 Å². The van der Waals surface area contributed by atoms with Gasteiger partial charge in [0.25, 0.3) is 0 Å². The molecule has 2 rings (SSSR count). The van der Waals surface area contributed by atoms with Crippen LogP contribution in [0.3, 0.4) is 0 Å². The van der Waals surface area contributed by atoms with Gasteiger partial charge in [0.1, 0.15) is 5.82 Å². The normalized spacial score (nSPS) is 13.0. The number of nitrogens with zero attached hydrogens (tertiary/aromatic N) is 1. The van der Waals surface area contributed by atoms with Gasteiger partial charge in [-0.25, -0.2) is 4.98 Å². The summed E-state index contributed by atoms with van der Waals surface area (Å²) >= 11 is 0. The molecular formula is C12H17N3. The van der Waals surface area contributed by atoms with Crippen LogP contribution in [0.1, 0.15) is 26.1 Å². The molecule has 0 amide bonds. The summed E-state index contributed by atoms with van der Waals surface area (Å²) < 4.78 is 0. The molecule has 0 bridgehead atoms. The van der Waals surface area contributed by atoms with Crippen LogP contribution >= 0.6 is 0 Å². The molecule has 0 spiro atoms. The predicted molar refractivity (Wildman–Crippen MR) is 64.2 cm³/mol. The number of aromatic nitrogens is 2. The smallest absolute Gasteiger partial charge is 0.104 e. The van der Waals surface area contributed by atoms with Crippen LogP contribution in [0.5, 0.6) is 0 Å². The topological polar surface area (TPSA) is 40.7 Å². The van der Waals surface area contributed by atoms with Crippen LogP contribution in [0.2, 0.25) is 0 Å². The van der Waals surface area contributed by atoms with Gasteiger partial charge >= 0.3 is 0 Å². The van der Waals surface area contributed by atoms with E-state index in [-0.39, 0.29) is 0 Å². The third kappa shape index (κ3) is 2.12. The Morgan fingerprint density at radius 3 is 3.00 bits per heavy atom. The third-order valence-corrected chi connectivity index (χ3v) is 2.63. The van der Waals surface area contributed by atoms with Crippen molar-refractivity contribution >= 4 is 16.7 Å². The number of H-pyrrole nitrogens is 1. The van der Waals surface area contributed by atoms with Crippen LogP contribution in [-0.4, -0.2) is 16.0 Å². The molecule has 3 nitrogen and oxygen atoms in total. The Hall–Kier alpha value is -1.51. The summed E-state index contributed by atoms with van der Waals surface area (Å²) in [6.45, 7) is 6.33. The van der Waals surface area contributed by atoms with E-state index >= 15 is 0 Å². The zero-order valence-corrected chi connectivity index (χ0v) is 9.46. The zero-order valence-electron chi connectivity index (χ0n) is 9.46. The molecule has 80 valence electrons. The molecule has 1 aromatic carbocycles. The van der Waals surface area contributed by atoms with Crippen LogP contribution in [0.15, 0.2) is 18.2 Å². The lowest BCUT2D eigenvalue weighted by molar-refractivity contribution is 0.764. The van der Waals surface area contributed by atoms with Gasteiger partial charge in [0, 0.05) is 11.7 Å². The number of aromatic amines is 1. The monoisotopic (exact) mass is 203 g/mol. The highest BCUT2D eigenvalue weighted by Crippen LogP contribution is 2.17. The SMILES string of the molecule is CCC(C)Nc1ccc2nc(C)[nH]c2c1. The molecule has 1 heterocycles. The van der Waals surface area contributed by atoms with Crippen molar-refractivity contribution in [2.45, 2.75) is 33.2 Å². The van der Waals surface area contributed by atoms with E-state index in [9.17, 15) is 0 Å². The molecule has 2 aromatic rings. The Morgan fingerprint density at radius 2 is 2.27 bits per heavy atom. The number of hydrogen-bond donors (Lipinski definition) is 2. The molecule has 1 unspecified atom stereocenters. The van der Waals surface area contributed by atoms with Gasteiger partial charge < -0.3 is 10.3 Å². The van der Waals surface area contributed by atoms with E-state index < -0.39 is 0 Å². The summed E-state index contributed by atoms with van der Waals surface area (Å²) in [4.78, 5) is 7.61. The van der Waals surface area contributed by atoms with Crippen molar-refractivity contribution in [1.29, 1.82) is 0 Å². The first-order valence-corrected chi connectivity index (χ1v) is 5.42. The summed E-state index contributed by atoms with van der Waals surface area (Å²) in [6, 6.07) is 6.74. The van der Waals surface area contributed by atoms with Gasteiger partial charge in [-0.1, -0.05) is 6.92 Å². The number of benzene rings is 1. The molecule has 0 fully saturated rings. The fourth-order valence-electron chi connectivity index (χ4n) is 1.61. The summed E-state index contributed by atoms with van der Waals surface area (Å²) in [5.74, 6) is 0.964. The summed E-state index contributed by atoms with van der Waals surface area (Å²) in [7, 11) is 0. The molecule has 3 heteroatoms. The number of hydrogen-bond acceptors (Lipinski definition) is 2. The minimum Gasteiger partial charge on any atom is -0.383 e. The number of imidazole rings is 1. The van der Waals surface area contributed by atoms with Gasteiger partial charge in [-0.2, -0.15) is 0 Å². The highest BCUT2D eigenvalue weighted by molar-refractivity contribution is 5.79. The lowest BCUT2D eigenvalue weighted by Crippen LogP contribution is -2.12. The second-order valence-electron chi connectivity index (χ2n) is 4.01. The molecule has 0 saturated carbocycles. The van der Waals surface area contributed by atoms with Crippen molar-refractivity contribution in [3.05, 3.63) is 24.0 Å². The van der Waals surface area contributed by atoms with Crippen LogP contribution in [0, 0.1) is 6.92 Å². The Morgan fingerprint density at radius 1 is 1.47 bits per heavy atom. The minimum atomic E-state index is 0.506. The van der Waals surface area contributed by atoms with Gasteiger partial charge in [-0.3, -0.25) is 0 Å². The van der Waals surface area contributed by atoms with E-state index in [1.807, 2.05) is 13.0 Å². The molecule has 1 aromatic heterocycles. The number of fused-ring (bicyclic) bond motifs is 1. The average molecular weight is 203 g/mol. The first kappa shape index (κ1) is 10.0. The number of aryl methyl sites for hydroxylation is 1. The summed E-state index contributed by atoms with van der Waals surface area (Å²) in [6.07, 6.45) is 1.13. The first-order valence-electron chi connectivity index (χ1n) is 5.42. The molecule has 15 heavy (non-hydrogen) atoms. The van der Waals surface area contributed by atoms with E-state index in [1.165, 1.54) is 0 Å². The zero-order chi connectivity index (χ0) is 10.8. The molecule has 1 atom stereocenters. The second-order valence-corrected chi connectivity index (χ2v) is 4.01. The Bertz CT molecular complexity index is 459. The molecule has 0 aliphatic heterocycles. The summed E-state index contributed by atoms with van der Waals surface area (Å²) in [5, 5.41) is 3.45. The number of rotatable bonds is 3. The molecule has 2 N–H and O–H groups in total. The fraction of sp³-hybridized carbons (Fsp3) is 0.417. The average Bonchev–Trinajstić information content (AvgIpc) is 2.57. The fourth-order valence-corrected chi connectivity index (χ4v) is 1.61. The largest absolute Gasteiger partial charge is 0.383 e. The van der Waals surface area contributed by atoms with Crippen LogP contribution in [0.25, 0.3) is 11.0 Å². The number of anilines is 1. The molecular weight excluding hydrogens is 186 g/mol. The van der Waals surface area contributed by atoms with Crippen molar-refractivity contribution in [3.63, 3.8) is 0 Å². The quantitative estimate of drug-likeness (QED) is 0.804. The van der Waals surface area contributed by atoms with Gasteiger partial charge in [-0.15, -0.1) is 0 Å². The van der Waals surface area contributed by atoms with Crippen molar-refractivity contribution < 1.29 is 0 Å². The lowest BCUT2D eigenvalue weighted by Gasteiger charge is -2.12. The first-order chi connectivity index (χ1) is 7.19. The highest BCUT2D eigenvalue weighted by Gasteiger charge is 2.02. The predicted octanol–water partition coefficient (Wildman–Crippen LogP) is 3.08. The van der Waals surface area contributed by atoms with Crippen molar-refractivity contribution in [2.75, 3.05) is 5.32 Å². The van der Waals surface area contributed by atoms with Crippen LogP contribution < -0.4 is 5.32 Å². The van der Waals surface area contributed by atoms with E-state index in [2.05, 4.69) is 41.3 Å². The Labute approximate surface area is 89.9 Å². The van der Waals surface area contributed by atoms with Gasteiger partial charge in [0.2, 0.25) is 0 Å². The standard InChI is InChI=1S/C12H17N3/c1-4-8(2)13-10-5-6-11-12(7-10)15-9(3)14-11/h5-8,13H,4H2,1-3H3,(H,14,15). The molecule has 0 saturated heterocycles. The Balaban J connectivity index is 2.30. The van der Waals surface area contributed by atoms with Gasteiger partial charge in [0.15, 0.2) is 0 Å². The maximum absolute atomic E-state index is 4.37. The minimum absolute atomic E-state index is 0.506. The Kier molecular flexibility index (Phi) is 2.62. The second kappa shape index (κ2) is 3.93. The molecule has 0 radical (unpaired) electrons. The van der Waals surface area contributed by atoms with E-state index in [0.29, 0.717) is 6.04 Å². The molecule has 0 aliphatic rings. The van der Waals surface area contributed by atoms with Gasteiger partial charge in [-0.05, 0) is 38.5 Å². The van der Waals surface area contributed by atoms with E-state index in [4.69, 9.17) is 0 Å². The number of nitrogens with one attached hydrogen (secondary N) is 2. The van der Waals surface area contributed by atoms with E-state index in [0.717, 1.165) is 29.0 Å². The maximum Gasteiger partial charge on any atom is 0.104 e.